The van der Waals surface area contributed by atoms with Gasteiger partial charge < -0.3 is 10.1 Å². The molecule has 0 aromatic rings. The standard InChI is InChI=1S/C8H17NO/c1-3-8-6-9-5-4-7(2)10-8/h7-9H,3-6H2,1-2H3/t7-,8-/m0/s1. The van der Waals surface area contributed by atoms with Crippen LogP contribution in [0.5, 0.6) is 0 Å². The Morgan fingerprint density at radius 2 is 2.40 bits per heavy atom. The molecule has 0 saturated carbocycles. The Kier molecular flexibility index (Phi) is 3.16. The van der Waals surface area contributed by atoms with Crippen LogP contribution >= 0.6 is 0 Å². The Balaban J connectivity index is 2.30. The van der Waals surface area contributed by atoms with E-state index in [0.29, 0.717) is 12.2 Å². The molecule has 0 radical (unpaired) electrons. The van der Waals surface area contributed by atoms with Crippen LogP contribution in [0.2, 0.25) is 0 Å². The van der Waals surface area contributed by atoms with Crippen molar-refractivity contribution in [1.82, 2.24) is 5.32 Å². The lowest BCUT2D eigenvalue weighted by Crippen LogP contribution is -2.25. The van der Waals surface area contributed by atoms with Gasteiger partial charge in [0.1, 0.15) is 0 Å². The quantitative estimate of drug-likeness (QED) is 0.595. The summed E-state index contributed by atoms with van der Waals surface area (Å²) in [6.07, 6.45) is 3.16. The second-order valence-electron chi connectivity index (χ2n) is 2.97. The van der Waals surface area contributed by atoms with Crippen molar-refractivity contribution in [3.05, 3.63) is 0 Å². The second-order valence-corrected chi connectivity index (χ2v) is 2.97. The minimum atomic E-state index is 0.442. The Morgan fingerprint density at radius 3 is 3.10 bits per heavy atom. The predicted octanol–water partition coefficient (Wildman–Crippen LogP) is 1.16. The number of rotatable bonds is 1. The molecule has 0 amide bonds. The fraction of sp³-hybridized carbons (Fsp3) is 1.00. The highest BCUT2D eigenvalue weighted by Crippen LogP contribution is 2.07. The highest BCUT2D eigenvalue weighted by Gasteiger charge is 2.14. The maximum Gasteiger partial charge on any atom is 0.0700 e. The maximum atomic E-state index is 5.70. The van der Waals surface area contributed by atoms with Crippen molar-refractivity contribution in [3.63, 3.8) is 0 Å². The molecule has 2 atom stereocenters. The van der Waals surface area contributed by atoms with E-state index >= 15 is 0 Å². The van der Waals surface area contributed by atoms with Gasteiger partial charge in [-0.15, -0.1) is 0 Å². The van der Waals surface area contributed by atoms with Crippen LogP contribution in [0.1, 0.15) is 26.7 Å². The molecule has 60 valence electrons. The van der Waals surface area contributed by atoms with Crippen molar-refractivity contribution in [2.45, 2.75) is 38.9 Å². The molecule has 0 bridgehead atoms. The molecule has 10 heavy (non-hydrogen) atoms. The molecule has 1 aliphatic rings. The van der Waals surface area contributed by atoms with E-state index in [1.807, 2.05) is 0 Å². The van der Waals surface area contributed by atoms with Gasteiger partial charge in [-0.25, -0.2) is 0 Å². The summed E-state index contributed by atoms with van der Waals surface area (Å²) >= 11 is 0. The van der Waals surface area contributed by atoms with E-state index in [9.17, 15) is 0 Å². The Hall–Kier alpha value is -0.0800. The van der Waals surface area contributed by atoms with Crippen LogP contribution in [0.4, 0.5) is 0 Å². The van der Waals surface area contributed by atoms with Crippen molar-refractivity contribution >= 4 is 0 Å². The molecular formula is C8H17NO. The van der Waals surface area contributed by atoms with Gasteiger partial charge in [-0.1, -0.05) is 6.92 Å². The van der Waals surface area contributed by atoms with Crippen LogP contribution in [0.3, 0.4) is 0 Å². The first kappa shape index (κ1) is 8.02. The molecule has 0 aromatic carbocycles. The predicted molar refractivity (Wildman–Crippen MR) is 42.1 cm³/mol. The summed E-state index contributed by atoms with van der Waals surface area (Å²) in [6, 6.07) is 0. The summed E-state index contributed by atoms with van der Waals surface area (Å²) in [5.41, 5.74) is 0. The Bertz CT molecular complexity index is 95.3. The van der Waals surface area contributed by atoms with Gasteiger partial charge in [-0.05, 0) is 26.3 Å². The zero-order chi connectivity index (χ0) is 7.40. The van der Waals surface area contributed by atoms with Gasteiger partial charge in [-0.3, -0.25) is 0 Å². The van der Waals surface area contributed by atoms with Gasteiger partial charge in [0.2, 0.25) is 0 Å². The molecule has 0 aliphatic carbocycles. The maximum absolute atomic E-state index is 5.70. The van der Waals surface area contributed by atoms with Crippen molar-refractivity contribution in [2.24, 2.45) is 0 Å². The molecule has 0 aromatic heterocycles. The summed E-state index contributed by atoms with van der Waals surface area (Å²) in [6.45, 7) is 6.46. The number of nitrogens with one attached hydrogen (secondary N) is 1. The average Bonchev–Trinajstić information content (AvgIpc) is 2.13. The Morgan fingerprint density at radius 1 is 1.60 bits per heavy atom. The van der Waals surface area contributed by atoms with Crippen LogP contribution in [-0.2, 0) is 4.74 Å². The molecule has 2 nitrogen and oxygen atoms in total. The summed E-state index contributed by atoms with van der Waals surface area (Å²) < 4.78 is 5.70. The van der Waals surface area contributed by atoms with Gasteiger partial charge in [-0.2, -0.15) is 0 Å². The molecule has 1 aliphatic heterocycles. The third kappa shape index (κ3) is 2.27. The van der Waals surface area contributed by atoms with Crippen LogP contribution in [0.25, 0.3) is 0 Å². The van der Waals surface area contributed by atoms with Gasteiger partial charge in [0.05, 0.1) is 12.2 Å². The van der Waals surface area contributed by atoms with Crippen LogP contribution in [0, 0.1) is 0 Å². The minimum Gasteiger partial charge on any atom is -0.374 e. The van der Waals surface area contributed by atoms with Crippen molar-refractivity contribution in [2.75, 3.05) is 13.1 Å². The largest absolute Gasteiger partial charge is 0.374 e. The molecule has 1 fully saturated rings. The van der Waals surface area contributed by atoms with E-state index in [-0.39, 0.29) is 0 Å². The lowest BCUT2D eigenvalue weighted by Gasteiger charge is -2.15. The molecule has 1 N–H and O–H groups in total. The van der Waals surface area contributed by atoms with E-state index in [2.05, 4.69) is 19.2 Å². The van der Waals surface area contributed by atoms with E-state index in [4.69, 9.17) is 4.74 Å². The topological polar surface area (TPSA) is 21.3 Å². The van der Waals surface area contributed by atoms with Gasteiger partial charge >= 0.3 is 0 Å². The SMILES string of the molecule is CC[C@H]1CNCC[C@H](C)O1. The normalized spacial score (nSPS) is 35.4. The Labute approximate surface area is 63.0 Å². The van der Waals surface area contributed by atoms with E-state index < -0.39 is 0 Å². The molecule has 1 rings (SSSR count). The van der Waals surface area contributed by atoms with Crippen LogP contribution in [0.15, 0.2) is 0 Å². The second kappa shape index (κ2) is 3.94. The summed E-state index contributed by atoms with van der Waals surface area (Å²) in [7, 11) is 0. The average molecular weight is 143 g/mol. The summed E-state index contributed by atoms with van der Waals surface area (Å²) in [5, 5.41) is 3.35. The lowest BCUT2D eigenvalue weighted by atomic mass is 10.3. The summed E-state index contributed by atoms with van der Waals surface area (Å²) in [5.74, 6) is 0. The molecule has 2 heteroatoms. The lowest BCUT2D eigenvalue weighted by molar-refractivity contribution is 0.00777. The molecule has 1 heterocycles. The summed E-state index contributed by atoms with van der Waals surface area (Å²) in [4.78, 5) is 0. The van der Waals surface area contributed by atoms with Gasteiger partial charge in [0.25, 0.3) is 0 Å². The van der Waals surface area contributed by atoms with Crippen LogP contribution in [-0.4, -0.2) is 25.3 Å². The zero-order valence-electron chi connectivity index (χ0n) is 6.89. The highest BCUT2D eigenvalue weighted by molar-refractivity contribution is 4.67. The molecule has 1 saturated heterocycles. The fourth-order valence-electron chi connectivity index (χ4n) is 1.25. The van der Waals surface area contributed by atoms with Gasteiger partial charge in [0.15, 0.2) is 0 Å². The van der Waals surface area contributed by atoms with E-state index in [1.165, 1.54) is 0 Å². The molecular weight excluding hydrogens is 126 g/mol. The molecule has 0 spiro atoms. The third-order valence-corrected chi connectivity index (χ3v) is 1.98. The van der Waals surface area contributed by atoms with E-state index in [0.717, 1.165) is 25.9 Å². The minimum absolute atomic E-state index is 0.442. The number of hydrogen-bond donors (Lipinski definition) is 1. The first-order valence-corrected chi connectivity index (χ1v) is 4.19. The zero-order valence-corrected chi connectivity index (χ0v) is 6.89. The first-order chi connectivity index (χ1) is 4.83. The first-order valence-electron chi connectivity index (χ1n) is 4.19. The van der Waals surface area contributed by atoms with Crippen molar-refractivity contribution in [3.8, 4) is 0 Å². The molecule has 0 unspecified atom stereocenters. The van der Waals surface area contributed by atoms with Crippen LogP contribution < -0.4 is 5.32 Å². The third-order valence-electron chi connectivity index (χ3n) is 1.98. The monoisotopic (exact) mass is 143 g/mol. The van der Waals surface area contributed by atoms with E-state index in [1.54, 1.807) is 0 Å². The fourth-order valence-corrected chi connectivity index (χ4v) is 1.25. The van der Waals surface area contributed by atoms with Crippen molar-refractivity contribution < 1.29 is 4.74 Å². The smallest absolute Gasteiger partial charge is 0.0700 e. The van der Waals surface area contributed by atoms with Crippen molar-refractivity contribution in [1.29, 1.82) is 0 Å². The van der Waals surface area contributed by atoms with Gasteiger partial charge in [0, 0.05) is 6.54 Å². The number of hydrogen-bond acceptors (Lipinski definition) is 2. The number of ether oxygens (including phenoxy) is 1. The highest BCUT2D eigenvalue weighted by atomic mass is 16.5.